The molecule has 1 atom stereocenters. The van der Waals surface area contributed by atoms with Gasteiger partial charge in [-0.3, -0.25) is 4.79 Å². The SMILES string of the molecule is CCC(CCCN(CCCOC)CCOC)(NC)C(=O)O. The Labute approximate surface area is 128 Å². The third-order valence-electron chi connectivity index (χ3n) is 4.00. The Hall–Kier alpha value is -0.690. The van der Waals surface area contributed by atoms with Gasteiger partial charge in [0.25, 0.3) is 0 Å². The summed E-state index contributed by atoms with van der Waals surface area (Å²) in [6.07, 6.45) is 3.03. The fraction of sp³-hybridized carbons (Fsp3) is 0.933. The molecule has 0 radical (unpaired) electrons. The van der Waals surface area contributed by atoms with Gasteiger partial charge in [-0.1, -0.05) is 6.92 Å². The number of nitrogens with zero attached hydrogens (tertiary/aromatic N) is 1. The van der Waals surface area contributed by atoms with Crippen molar-refractivity contribution in [1.29, 1.82) is 0 Å². The van der Waals surface area contributed by atoms with Crippen LogP contribution in [0, 0.1) is 0 Å². The van der Waals surface area contributed by atoms with Crippen molar-refractivity contribution in [3.8, 4) is 0 Å². The highest BCUT2D eigenvalue weighted by atomic mass is 16.5. The Morgan fingerprint density at radius 3 is 2.24 bits per heavy atom. The van der Waals surface area contributed by atoms with Gasteiger partial charge in [-0.25, -0.2) is 0 Å². The van der Waals surface area contributed by atoms with Gasteiger partial charge in [-0.05, 0) is 39.3 Å². The third kappa shape index (κ3) is 7.76. The standard InChI is InChI=1S/C15H32N2O4/c1-5-15(16-2,14(18)19)8-6-9-17(11-13-21-4)10-7-12-20-3/h16H,5-13H2,1-4H3,(H,18,19). The molecule has 6 heteroatoms. The summed E-state index contributed by atoms with van der Waals surface area (Å²) in [7, 11) is 5.12. The number of likely N-dealkylation sites (N-methyl/N-ethyl adjacent to an activating group) is 1. The van der Waals surface area contributed by atoms with Crippen molar-refractivity contribution < 1.29 is 19.4 Å². The molecule has 126 valence electrons. The molecule has 0 bridgehead atoms. The smallest absolute Gasteiger partial charge is 0.323 e. The van der Waals surface area contributed by atoms with Crippen molar-refractivity contribution in [2.75, 3.05) is 54.1 Å². The summed E-state index contributed by atoms with van der Waals surface area (Å²) in [5, 5.41) is 12.4. The fourth-order valence-corrected chi connectivity index (χ4v) is 2.44. The van der Waals surface area contributed by atoms with E-state index >= 15 is 0 Å². The first kappa shape index (κ1) is 20.3. The van der Waals surface area contributed by atoms with Crippen LogP contribution in [0.2, 0.25) is 0 Å². The Balaban J connectivity index is 4.28. The second-order valence-electron chi connectivity index (χ2n) is 5.28. The minimum atomic E-state index is -0.806. The molecule has 0 saturated carbocycles. The zero-order chi connectivity index (χ0) is 16.1. The maximum absolute atomic E-state index is 11.4. The van der Waals surface area contributed by atoms with Gasteiger partial charge >= 0.3 is 5.97 Å². The van der Waals surface area contributed by atoms with E-state index in [0.29, 0.717) is 19.4 Å². The first-order valence-corrected chi connectivity index (χ1v) is 7.68. The Morgan fingerprint density at radius 2 is 1.76 bits per heavy atom. The lowest BCUT2D eigenvalue weighted by atomic mass is 9.90. The second kappa shape index (κ2) is 11.9. The molecule has 6 nitrogen and oxygen atoms in total. The van der Waals surface area contributed by atoms with Crippen LogP contribution >= 0.6 is 0 Å². The number of ether oxygens (including phenoxy) is 2. The van der Waals surface area contributed by atoms with Gasteiger partial charge in [-0.2, -0.15) is 0 Å². The molecule has 0 spiro atoms. The van der Waals surface area contributed by atoms with Gasteiger partial charge in [0.15, 0.2) is 0 Å². The molecule has 0 aliphatic heterocycles. The number of nitrogens with one attached hydrogen (secondary N) is 1. The summed E-state index contributed by atoms with van der Waals surface area (Å²) >= 11 is 0. The van der Waals surface area contributed by atoms with E-state index in [1.165, 1.54) is 0 Å². The lowest BCUT2D eigenvalue weighted by Crippen LogP contribution is -2.50. The molecule has 0 rings (SSSR count). The van der Waals surface area contributed by atoms with E-state index in [9.17, 15) is 9.90 Å². The Bertz CT molecular complexity index is 270. The molecule has 21 heavy (non-hydrogen) atoms. The normalized spacial score (nSPS) is 14.3. The van der Waals surface area contributed by atoms with Crippen molar-refractivity contribution >= 4 is 5.97 Å². The number of rotatable bonds is 14. The van der Waals surface area contributed by atoms with E-state index in [1.807, 2.05) is 6.92 Å². The van der Waals surface area contributed by atoms with E-state index in [-0.39, 0.29) is 0 Å². The molecular formula is C15H32N2O4. The molecule has 0 aromatic rings. The summed E-state index contributed by atoms with van der Waals surface area (Å²) in [6, 6.07) is 0. The molecule has 0 aliphatic rings. The van der Waals surface area contributed by atoms with Gasteiger partial charge in [-0.15, -0.1) is 0 Å². The zero-order valence-electron chi connectivity index (χ0n) is 14.0. The van der Waals surface area contributed by atoms with Crippen LogP contribution in [0.5, 0.6) is 0 Å². The van der Waals surface area contributed by atoms with E-state index in [0.717, 1.165) is 39.1 Å². The quantitative estimate of drug-likeness (QED) is 0.470. The zero-order valence-corrected chi connectivity index (χ0v) is 14.0. The number of aliphatic carboxylic acids is 1. The molecule has 1 unspecified atom stereocenters. The highest BCUT2D eigenvalue weighted by molar-refractivity contribution is 5.78. The fourth-order valence-electron chi connectivity index (χ4n) is 2.44. The largest absolute Gasteiger partial charge is 0.480 e. The number of methoxy groups -OCH3 is 2. The minimum absolute atomic E-state index is 0.584. The van der Waals surface area contributed by atoms with Gasteiger partial charge in [0.05, 0.1) is 6.61 Å². The summed E-state index contributed by atoms with van der Waals surface area (Å²) in [5.74, 6) is -0.768. The van der Waals surface area contributed by atoms with E-state index < -0.39 is 11.5 Å². The highest BCUT2D eigenvalue weighted by Crippen LogP contribution is 2.18. The van der Waals surface area contributed by atoms with Crippen molar-refractivity contribution in [1.82, 2.24) is 10.2 Å². The number of hydrogen-bond donors (Lipinski definition) is 2. The number of carboxylic acid groups (broad SMARTS) is 1. The molecule has 0 saturated heterocycles. The van der Waals surface area contributed by atoms with Crippen molar-refractivity contribution in [3.63, 3.8) is 0 Å². The van der Waals surface area contributed by atoms with Crippen LogP contribution in [0.4, 0.5) is 0 Å². The van der Waals surface area contributed by atoms with Crippen LogP contribution in [-0.4, -0.2) is 75.6 Å². The molecule has 2 N–H and O–H groups in total. The Kier molecular flexibility index (Phi) is 11.5. The van der Waals surface area contributed by atoms with Gasteiger partial charge < -0.3 is 24.8 Å². The molecule has 0 amide bonds. The van der Waals surface area contributed by atoms with Crippen molar-refractivity contribution in [2.24, 2.45) is 0 Å². The molecular weight excluding hydrogens is 272 g/mol. The van der Waals surface area contributed by atoms with Crippen LogP contribution in [0.25, 0.3) is 0 Å². The maximum atomic E-state index is 11.4. The third-order valence-corrected chi connectivity index (χ3v) is 4.00. The molecule has 0 heterocycles. The topological polar surface area (TPSA) is 71.0 Å². The monoisotopic (exact) mass is 304 g/mol. The molecule has 0 fully saturated rings. The van der Waals surface area contributed by atoms with Gasteiger partial charge in [0, 0.05) is 33.9 Å². The van der Waals surface area contributed by atoms with Crippen LogP contribution < -0.4 is 5.32 Å². The summed E-state index contributed by atoms with van der Waals surface area (Å²) in [6.45, 7) is 6.04. The van der Waals surface area contributed by atoms with Crippen LogP contribution in [0.15, 0.2) is 0 Å². The van der Waals surface area contributed by atoms with Crippen molar-refractivity contribution in [3.05, 3.63) is 0 Å². The van der Waals surface area contributed by atoms with E-state index in [2.05, 4.69) is 10.2 Å². The van der Waals surface area contributed by atoms with E-state index in [1.54, 1.807) is 21.3 Å². The van der Waals surface area contributed by atoms with Crippen LogP contribution in [0.1, 0.15) is 32.6 Å². The summed E-state index contributed by atoms with van der Waals surface area (Å²) < 4.78 is 10.2. The average Bonchev–Trinajstić information content (AvgIpc) is 2.48. The summed E-state index contributed by atoms with van der Waals surface area (Å²) in [5.41, 5.74) is -0.806. The van der Waals surface area contributed by atoms with Gasteiger partial charge in [0.2, 0.25) is 0 Å². The predicted molar refractivity (Wildman–Crippen MR) is 83.8 cm³/mol. The average molecular weight is 304 g/mol. The van der Waals surface area contributed by atoms with Crippen LogP contribution in [0.3, 0.4) is 0 Å². The van der Waals surface area contributed by atoms with E-state index in [4.69, 9.17) is 9.47 Å². The summed E-state index contributed by atoms with van der Waals surface area (Å²) in [4.78, 5) is 13.7. The maximum Gasteiger partial charge on any atom is 0.323 e. The molecule has 0 aromatic heterocycles. The second-order valence-corrected chi connectivity index (χ2v) is 5.28. The number of hydrogen-bond acceptors (Lipinski definition) is 5. The predicted octanol–water partition coefficient (Wildman–Crippen LogP) is 1.20. The first-order chi connectivity index (χ1) is 10.1. The lowest BCUT2D eigenvalue weighted by Gasteiger charge is -2.29. The van der Waals surface area contributed by atoms with Crippen molar-refractivity contribution in [2.45, 2.75) is 38.1 Å². The number of carboxylic acids is 1. The minimum Gasteiger partial charge on any atom is -0.480 e. The molecule has 0 aromatic carbocycles. The highest BCUT2D eigenvalue weighted by Gasteiger charge is 2.34. The first-order valence-electron chi connectivity index (χ1n) is 7.68. The Morgan fingerprint density at radius 1 is 1.14 bits per heavy atom. The molecule has 0 aliphatic carbocycles. The number of carbonyl (C=O) groups is 1. The van der Waals surface area contributed by atoms with Crippen LogP contribution in [-0.2, 0) is 14.3 Å². The lowest BCUT2D eigenvalue weighted by molar-refractivity contribution is -0.145. The van der Waals surface area contributed by atoms with Gasteiger partial charge in [0.1, 0.15) is 5.54 Å².